The van der Waals surface area contributed by atoms with E-state index in [-0.39, 0.29) is 23.7 Å². The first-order valence-corrected chi connectivity index (χ1v) is 38.7. The molecule has 0 bridgehead atoms. The van der Waals surface area contributed by atoms with Crippen LogP contribution in [0.4, 0.5) is 0 Å². The molecule has 26 atom stereocenters. The molecule has 10 saturated carbocycles. The lowest BCUT2D eigenvalue weighted by atomic mass is 9.44. The average molecular weight is 1190 g/mol. The Morgan fingerprint density at radius 2 is 0.953 bits per heavy atom. The van der Waals surface area contributed by atoms with Crippen molar-refractivity contribution in [2.45, 2.75) is 340 Å². The van der Waals surface area contributed by atoms with Crippen LogP contribution in [0.5, 0.6) is 0 Å². The quantitative estimate of drug-likeness (QED) is 0.135. The second kappa shape index (κ2) is 27.2. The Kier molecular flexibility index (Phi) is 21.5. The van der Waals surface area contributed by atoms with Crippen LogP contribution in [0.2, 0.25) is 0 Å². The second-order valence-corrected chi connectivity index (χ2v) is 36.8. The fraction of sp³-hybridized carbons (Fsp3) is 0.939. The first kappa shape index (κ1) is 67.9. The molecule has 3 N–H and O–H groups in total. The van der Waals surface area contributed by atoms with Gasteiger partial charge >= 0.3 is 0 Å². The smallest absolute Gasteiger partial charge is 0.129 e. The molecule has 0 aromatic carbocycles. The van der Waals surface area contributed by atoms with Crippen LogP contribution < -0.4 is 0 Å². The molecule has 10 fully saturated rings. The van der Waals surface area contributed by atoms with Gasteiger partial charge < -0.3 is 20.1 Å². The summed E-state index contributed by atoms with van der Waals surface area (Å²) in [6.45, 7) is 37.0. The number of hydrogen-bond acceptors (Lipinski definition) is 4. The Morgan fingerprint density at radius 3 is 1.42 bits per heavy atom. The van der Waals surface area contributed by atoms with Crippen molar-refractivity contribution in [1.82, 2.24) is 0 Å². The minimum atomic E-state index is -0.101. The van der Waals surface area contributed by atoms with Crippen molar-refractivity contribution in [3.8, 4) is 0 Å². The van der Waals surface area contributed by atoms with Gasteiger partial charge in [0.25, 0.3) is 0 Å². The maximum Gasteiger partial charge on any atom is 0.129 e. The zero-order chi connectivity index (χ0) is 61.9. The number of allylic oxidation sites excluding steroid dienone is 2. The molecule has 12 rings (SSSR count). The summed E-state index contributed by atoms with van der Waals surface area (Å²) < 4.78 is 0. The van der Waals surface area contributed by atoms with Gasteiger partial charge in [0, 0.05) is 6.42 Å². The van der Waals surface area contributed by atoms with E-state index in [4.69, 9.17) is 0 Å². The monoisotopic (exact) mass is 1190 g/mol. The predicted molar refractivity (Wildman–Crippen MR) is 362 cm³/mol. The third-order valence-corrected chi connectivity index (χ3v) is 32.2. The van der Waals surface area contributed by atoms with Gasteiger partial charge in [-0.1, -0.05) is 165 Å². The molecule has 0 radical (unpaired) electrons. The minimum absolute atomic E-state index is 0.0319. The average Bonchev–Trinajstić information content (AvgIpc) is 1.33. The van der Waals surface area contributed by atoms with Crippen molar-refractivity contribution in [3.05, 3.63) is 23.3 Å². The summed E-state index contributed by atoms with van der Waals surface area (Å²) in [5.74, 6) is 17.0. The molecule has 0 aromatic rings. The number of aliphatic hydroxyl groups is 3. The number of carbonyl (C=O) groups is 1. The third-order valence-electron chi connectivity index (χ3n) is 32.2. The molecule has 0 spiro atoms. The third kappa shape index (κ3) is 12.7. The van der Waals surface area contributed by atoms with Crippen LogP contribution in [0.3, 0.4) is 0 Å². The molecule has 86 heavy (non-hydrogen) atoms. The highest BCUT2D eigenvalue weighted by atomic mass is 16.3. The number of Topliss-reactive ketones (excluding diaryl/α,β-unsaturated/α-hetero) is 1. The van der Waals surface area contributed by atoms with Crippen molar-refractivity contribution >= 4 is 5.78 Å². The van der Waals surface area contributed by atoms with Gasteiger partial charge in [0.2, 0.25) is 0 Å². The van der Waals surface area contributed by atoms with Crippen molar-refractivity contribution < 1.29 is 20.1 Å². The topological polar surface area (TPSA) is 77.8 Å². The fourth-order valence-electron chi connectivity index (χ4n) is 27.1. The number of rotatable bonds is 16. The molecule has 4 nitrogen and oxygen atoms in total. The molecule has 0 heterocycles. The van der Waals surface area contributed by atoms with Gasteiger partial charge in [0.1, 0.15) is 5.78 Å². The second-order valence-electron chi connectivity index (χ2n) is 36.8. The summed E-state index contributed by atoms with van der Waals surface area (Å²) in [5, 5.41) is 31.5. The molecule has 0 aromatic heterocycles. The van der Waals surface area contributed by atoms with Crippen molar-refractivity contribution in [2.24, 2.45) is 145 Å². The number of carbonyl (C=O) groups excluding carboxylic acids is 1. The Balaban J connectivity index is 0.000000143. The predicted octanol–water partition coefficient (Wildman–Crippen LogP) is 21.8. The normalized spacial score (nSPS) is 46.9. The van der Waals surface area contributed by atoms with E-state index < -0.39 is 0 Å². The van der Waals surface area contributed by atoms with E-state index >= 15 is 0 Å². The fourth-order valence-corrected chi connectivity index (χ4v) is 27.1. The largest absolute Gasteiger partial charge is 0.393 e. The van der Waals surface area contributed by atoms with Crippen LogP contribution in [0.25, 0.3) is 0 Å². The number of fused-ring (bicyclic) bond motifs is 15. The van der Waals surface area contributed by atoms with Crippen LogP contribution in [0.15, 0.2) is 23.3 Å². The summed E-state index contributed by atoms with van der Waals surface area (Å²) in [5.41, 5.74) is 5.84. The van der Waals surface area contributed by atoms with Crippen molar-refractivity contribution in [2.75, 3.05) is 0 Å². The highest BCUT2D eigenvalue weighted by molar-refractivity contribution is 5.75. The molecule has 1 unspecified atom stereocenters. The maximum atomic E-state index is 11.3. The van der Waals surface area contributed by atoms with E-state index in [9.17, 15) is 20.1 Å². The summed E-state index contributed by atoms with van der Waals surface area (Å²) in [7, 11) is 0. The van der Waals surface area contributed by atoms with Gasteiger partial charge in [-0.05, 0) is 319 Å². The Labute approximate surface area is 531 Å². The summed E-state index contributed by atoms with van der Waals surface area (Å²) in [6, 6.07) is 0. The standard InChI is InChI=1S/C29H50O.C27H48O.C26H42O2/c1-7-21(19(2)3)9-8-20(4)25-12-13-26-24-11-10-22-18-23(30)14-16-28(22,5)27(24)15-17-29(25,26)6;1-18(2)8-6-9-19(3)22-14-15-23-21-13-12-20-10-7-11-25(28)27(20,5)24(21)16-17-26(22,23)4;1-17(6-5-7-18(2)27)22-10-11-23-21-9-8-19-16-20(28)12-14-25(19,3)24(21)13-15-26(22,23)4/h10,19-21,23-27,30H,7-9,11-18H2,1-6H3;18-25,28H,6-17H2,1-5H3;8,17,20-24,28H,5-7,9-16H2,1-4H3/t20-,21-,23+,24+,25-,26+,27+,28+,29-;19-,20+,21+,22-,23+,24+,25?,26-,27+;17-,20+,21+,22-,23+,24+,25+,26-/m111/s1. The number of ketones is 1. The van der Waals surface area contributed by atoms with Crippen LogP contribution in [0, 0.1) is 145 Å². The van der Waals surface area contributed by atoms with E-state index in [1.807, 2.05) is 0 Å². The highest BCUT2D eigenvalue weighted by Gasteiger charge is 2.64. The summed E-state index contributed by atoms with van der Waals surface area (Å²) in [6.07, 6.45) is 49.2. The van der Waals surface area contributed by atoms with E-state index in [0.29, 0.717) is 32.9 Å². The summed E-state index contributed by atoms with van der Waals surface area (Å²) >= 11 is 0. The van der Waals surface area contributed by atoms with Gasteiger partial charge in [0.05, 0.1) is 18.3 Å². The number of aliphatic hydroxyl groups excluding tert-OH is 3. The van der Waals surface area contributed by atoms with E-state index in [0.717, 1.165) is 157 Å². The van der Waals surface area contributed by atoms with Crippen LogP contribution in [0.1, 0.15) is 322 Å². The molecule has 0 aliphatic heterocycles. The molecule has 492 valence electrons. The molecule has 4 heteroatoms. The summed E-state index contributed by atoms with van der Waals surface area (Å²) in [4.78, 5) is 11.3. The molecule has 0 amide bonds. The molecule has 0 saturated heterocycles. The van der Waals surface area contributed by atoms with Crippen LogP contribution >= 0.6 is 0 Å². The SMILES string of the molecule is CC(=O)CCC[C@@H](C)[C@H]1CC[C@H]2[C@@H]3CC=C4C[C@@H](O)CC[C@]4(C)[C@H]3CC[C@]12C.CC(C)CCC[C@@H](C)[C@H]1CC[C@H]2[C@@H]3CC[C@@H]4CCCC(O)[C@]4(C)[C@H]3CC[C@]12C.CC[C@H](CC[C@@H](C)[C@H]1CC[C@H]2[C@@H]3CC=C4C[C@@H](O)CC[C@]4(C)[C@H]3CC[C@]12C)C(C)C. The van der Waals surface area contributed by atoms with E-state index in [1.54, 1.807) is 18.1 Å². The zero-order valence-electron chi connectivity index (χ0n) is 59.1. The zero-order valence-corrected chi connectivity index (χ0v) is 59.1. The van der Waals surface area contributed by atoms with Crippen LogP contribution in [-0.2, 0) is 4.79 Å². The molecule has 12 aliphatic carbocycles. The lowest BCUT2D eigenvalue weighted by Crippen LogP contribution is -2.57. The van der Waals surface area contributed by atoms with Gasteiger partial charge in [-0.3, -0.25) is 0 Å². The van der Waals surface area contributed by atoms with Crippen molar-refractivity contribution in [3.63, 3.8) is 0 Å². The van der Waals surface area contributed by atoms with Gasteiger partial charge in [0.15, 0.2) is 0 Å². The van der Waals surface area contributed by atoms with Gasteiger partial charge in [-0.25, -0.2) is 0 Å². The Hall–Kier alpha value is -0.970. The van der Waals surface area contributed by atoms with E-state index in [1.165, 1.54) is 173 Å². The van der Waals surface area contributed by atoms with Crippen LogP contribution in [-0.4, -0.2) is 39.4 Å². The first-order valence-electron chi connectivity index (χ1n) is 38.7. The van der Waals surface area contributed by atoms with Crippen molar-refractivity contribution in [1.29, 1.82) is 0 Å². The Morgan fingerprint density at radius 1 is 0.488 bits per heavy atom. The highest BCUT2D eigenvalue weighted by Crippen LogP contribution is 2.71. The molecular weight excluding hydrogens is 1050 g/mol. The molecular formula is C82H140O4. The number of hydrogen-bond donors (Lipinski definition) is 3. The Bertz CT molecular complexity index is 2310. The van der Waals surface area contributed by atoms with Gasteiger partial charge in [-0.2, -0.15) is 0 Å². The van der Waals surface area contributed by atoms with E-state index in [2.05, 4.69) is 109 Å². The lowest BCUT2D eigenvalue weighted by Gasteiger charge is -2.62. The minimum Gasteiger partial charge on any atom is -0.393 e. The molecule has 12 aliphatic rings. The maximum absolute atomic E-state index is 11.3. The van der Waals surface area contributed by atoms with Gasteiger partial charge in [-0.15, -0.1) is 0 Å². The lowest BCUT2D eigenvalue weighted by molar-refractivity contribution is -0.164. The first-order chi connectivity index (χ1) is 40.7.